The van der Waals surface area contributed by atoms with Gasteiger partial charge in [0.15, 0.2) is 0 Å². The minimum atomic E-state index is 0.390. The summed E-state index contributed by atoms with van der Waals surface area (Å²) in [6, 6.07) is 11.6. The van der Waals surface area contributed by atoms with Crippen LogP contribution in [0, 0.1) is 0 Å². The van der Waals surface area contributed by atoms with Gasteiger partial charge in [-0.1, -0.05) is 30.3 Å². The molecule has 1 aromatic carbocycles. The van der Waals surface area contributed by atoms with E-state index in [0.29, 0.717) is 10.9 Å². The molecule has 3 rings (SSSR count). The fourth-order valence-electron chi connectivity index (χ4n) is 3.35. The van der Waals surface area contributed by atoms with E-state index in [1.807, 2.05) is 0 Å². The molecule has 2 fully saturated rings. The standard InChI is InChI=1S/C17H26N2S/c1-15-8-14-20-17(18-15)9-12-19(13-10-17)11-7-16-5-3-2-4-6-16/h2-6,15,18H,7-14H2,1H3. The summed E-state index contributed by atoms with van der Waals surface area (Å²) in [6.07, 6.45) is 5.11. The average Bonchev–Trinajstić information content (AvgIpc) is 2.48. The average molecular weight is 290 g/mol. The maximum absolute atomic E-state index is 3.86. The van der Waals surface area contributed by atoms with Crippen molar-refractivity contribution < 1.29 is 0 Å². The molecule has 0 radical (unpaired) electrons. The molecule has 0 aromatic heterocycles. The maximum Gasteiger partial charge on any atom is 0.0671 e. The van der Waals surface area contributed by atoms with Crippen LogP contribution in [0.1, 0.15) is 31.7 Å². The van der Waals surface area contributed by atoms with Gasteiger partial charge in [0.2, 0.25) is 0 Å². The molecule has 1 unspecified atom stereocenters. The molecule has 0 saturated carbocycles. The monoisotopic (exact) mass is 290 g/mol. The highest BCUT2D eigenvalue weighted by atomic mass is 32.2. The SMILES string of the molecule is CC1CCSC2(CCN(CCc3ccccc3)CC2)N1. The van der Waals surface area contributed by atoms with Gasteiger partial charge in [-0.05, 0) is 43.9 Å². The van der Waals surface area contributed by atoms with E-state index in [1.165, 1.54) is 56.6 Å². The number of likely N-dealkylation sites (tertiary alicyclic amines) is 1. The highest BCUT2D eigenvalue weighted by molar-refractivity contribution is 8.00. The van der Waals surface area contributed by atoms with Crippen molar-refractivity contribution in [2.75, 3.05) is 25.4 Å². The Morgan fingerprint density at radius 1 is 1.25 bits per heavy atom. The van der Waals surface area contributed by atoms with Crippen LogP contribution < -0.4 is 5.32 Å². The highest BCUT2D eigenvalue weighted by Gasteiger charge is 2.37. The van der Waals surface area contributed by atoms with Gasteiger partial charge in [-0.2, -0.15) is 0 Å². The Balaban J connectivity index is 1.46. The minimum absolute atomic E-state index is 0.390. The highest BCUT2D eigenvalue weighted by Crippen LogP contribution is 2.37. The molecule has 2 aliphatic rings. The predicted octanol–water partition coefficient (Wildman–Crippen LogP) is 3.14. The maximum atomic E-state index is 3.86. The summed E-state index contributed by atoms with van der Waals surface area (Å²) >= 11 is 2.17. The Morgan fingerprint density at radius 3 is 2.70 bits per heavy atom. The second kappa shape index (κ2) is 6.50. The minimum Gasteiger partial charge on any atom is -0.303 e. The van der Waals surface area contributed by atoms with E-state index in [2.05, 4.69) is 59.2 Å². The number of nitrogens with one attached hydrogen (secondary N) is 1. The summed E-state index contributed by atoms with van der Waals surface area (Å²) < 4.78 is 0. The first-order chi connectivity index (χ1) is 9.76. The van der Waals surface area contributed by atoms with Crippen molar-refractivity contribution in [3.8, 4) is 0 Å². The molecule has 0 bridgehead atoms. The molecule has 0 aliphatic carbocycles. The van der Waals surface area contributed by atoms with Crippen LogP contribution in [0.2, 0.25) is 0 Å². The zero-order valence-electron chi connectivity index (χ0n) is 12.5. The van der Waals surface area contributed by atoms with Crippen LogP contribution in [-0.2, 0) is 6.42 Å². The van der Waals surface area contributed by atoms with Crippen LogP contribution in [0.5, 0.6) is 0 Å². The molecule has 2 aliphatic heterocycles. The van der Waals surface area contributed by atoms with Crippen LogP contribution in [0.3, 0.4) is 0 Å². The van der Waals surface area contributed by atoms with Crippen molar-refractivity contribution in [3.63, 3.8) is 0 Å². The van der Waals surface area contributed by atoms with Crippen molar-refractivity contribution in [2.45, 2.75) is 43.5 Å². The van der Waals surface area contributed by atoms with Gasteiger partial charge >= 0.3 is 0 Å². The number of benzene rings is 1. The van der Waals surface area contributed by atoms with E-state index in [1.54, 1.807) is 0 Å². The number of hydrogen-bond acceptors (Lipinski definition) is 3. The van der Waals surface area contributed by atoms with E-state index in [9.17, 15) is 0 Å². The van der Waals surface area contributed by atoms with Crippen molar-refractivity contribution in [1.82, 2.24) is 10.2 Å². The van der Waals surface area contributed by atoms with Gasteiger partial charge in [0.25, 0.3) is 0 Å². The third-order valence-electron chi connectivity index (χ3n) is 4.66. The number of rotatable bonds is 3. The molecule has 0 amide bonds. The van der Waals surface area contributed by atoms with Crippen LogP contribution in [0.4, 0.5) is 0 Å². The second-order valence-electron chi connectivity index (χ2n) is 6.25. The smallest absolute Gasteiger partial charge is 0.0671 e. The Labute approximate surface area is 127 Å². The summed E-state index contributed by atoms with van der Waals surface area (Å²) in [4.78, 5) is 3.03. The Hall–Kier alpha value is -0.510. The number of nitrogens with zero attached hydrogens (tertiary/aromatic N) is 1. The van der Waals surface area contributed by atoms with Crippen LogP contribution in [0.15, 0.2) is 30.3 Å². The van der Waals surface area contributed by atoms with E-state index in [-0.39, 0.29) is 0 Å². The van der Waals surface area contributed by atoms with Gasteiger partial charge < -0.3 is 10.2 Å². The number of piperidine rings is 1. The summed E-state index contributed by atoms with van der Waals surface area (Å²) in [6.45, 7) is 6.04. The zero-order valence-corrected chi connectivity index (χ0v) is 13.3. The quantitative estimate of drug-likeness (QED) is 0.921. The molecule has 20 heavy (non-hydrogen) atoms. The summed E-state index contributed by atoms with van der Waals surface area (Å²) in [5.74, 6) is 1.33. The molecular formula is C17H26N2S. The van der Waals surface area contributed by atoms with Crippen molar-refractivity contribution in [1.29, 1.82) is 0 Å². The van der Waals surface area contributed by atoms with Gasteiger partial charge in [0.05, 0.1) is 4.87 Å². The summed E-state index contributed by atoms with van der Waals surface area (Å²) in [7, 11) is 0. The molecular weight excluding hydrogens is 264 g/mol. The normalized spacial score (nSPS) is 26.8. The Kier molecular flexibility index (Phi) is 4.69. The van der Waals surface area contributed by atoms with Crippen LogP contribution in [-0.4, -0.2) is 41.2 Å². The van der Waals surface area contributed by atoms with Crippen LogP contribution >= 0.6 is 11.8 Å². The number of thioether (sulfide) groups is 1. The first kappa shape index (κ1) is 14.4. The third kappa shape index (κ3) is 3.57. The van der Waals surface area contributed by atoms with Crippen molar-refractivity contribution >= 4 is 11.8 Å². The molecule has 110 valence electrons. The van der Waals surface area contributed by atoms with Crippen molar-refractivity contribution in [3.05, 3.63) is 35.9 Å². The van der Waals surface area contributed by atoms with Crippen LogP contribution in [0.25, 0.3) is 0 Å². The summed E-state index contributed by atoms with van der Waals surface area (Å²) in [5.41, 5.74) is 1.46. The lowest BCUT2D eigenvalue weighted by Crippen LogP contribution is -2.56. The fourth-order valence-corrected chi connectivity index (χ4v) is 4.97. The molecule has 1 aromatic rings. The molecule has 2 heterocycles. The molecule has 1 N–H and O–H groups in total. The second-order valence-corrected chi connectivity index (χ2v) is 7.73. The van der Waals surface area contributed by atoms with Gasteiger partial charge in [0.1, 0.15) is 0 Å². The molecule has 3 heteroatoms. The number of hydrogen-bond donors (Lipinski definition) is 1. The lowest BCUT2D eigenvalue weighted by atomic mass is 10.0. The predicted molar refractivity (Wildman–Crippen MR) is 88.2 cm³/mol. The molecule has 2 nitrogen and oxygen atoms in total. The van der Waals surface area contributed by atoms with Gasteiger partial charge in [-0.3, -0.25) is 0 Å². The van der Waals surface area contributed by atoms with E-state index < -0.39 is 0 Å². The zero-order chi connectivity index (χ0) is 13.8. The van der Waals surface area contributed by atoms with Gasteiger partial charge in [0, 0.05) is 25.7 Å². The molecule has 2 saturated heterocycles. The van der Waals surface area contributed by atoms with Gasteiger partial charge in [-0.25, -0.2) is 0 Å². The third-order valence-corrected chi connectivity index (χ3v) is 6.18. The Bertz CT molecular complexity index is 412. The lowest BCUT2D eigenvalue weighted by Gasteiger charge is -2.46. The molecule has 1 spiro atoms. The van der Waals surface area contributed by atoms with E-state index in [0.717, 1.165) is 0 Å². The summed E-state index contributed by atoms with van der Waals surface area (Å²) in [5, 5.41) is 3.86. The van der Waals surface area contributed by atoms with E-state index >= 15 is 0 Å². The first-order valence-electron chi connectivity index (χ1n) is 7.94. The molecule has 1 atom stereocenters. The fraction of sp³-hybridized carbons (Fsp3) is 0.647. The van der Waals surface area contributed by atoms with Crippen molar-refractivity contribution in [2.24, 2.45) is 0 Å². The topological polar surface area (TPSA) is 15.3 Å². The lowest BCUT2D eigenvalue weighted by molar-refractivity contribution is 0.175. The van der Waals surface area contributed by atoms with E-state index in [4.69, 9.17) is 0 Å². The Morgan fingerprint density at radius 2 is 2.00 bits per heavy atom. The van der Waals surface area contributed by atoms with Gasteiger partial charge in [-0.15, -0.1) is 11.8 Å². The first-order valence-corrected chi connectivity index (χ1v) is 8.92. The largest absolute Gasteiger partial charge is 0.303 e.